The first kappa shape index (κ1) is 20.9. The van der Waals surface area contributed by atoms with Gasteiger partial charge in [-0.05, 0) is 25.1 Å². The minimum absolute atomic E-state index is 0.237. The van der Waals surface area contributed by atoms with Crippen LogP contribution in [0.2, 0.25) is 0 Å². The second-order valence-electron chi connectivity index (χ2n) is 5.23. The Morgan fingerprint density at radius 1 is 1.36 bits per heavy atom. The summed E-state index contributed by atoms with van der Waals surface area (Å²) in [5, 5.41) is 10.9. The van der Waals surface area contributed by atoms with E-state index >= 15 is 0 Å². The van der Waals surface area contributed by atoms with Crippen molar-refractivity contribution in [2.24, 2.45) is 0 Å². The Labute approximate surface area is 142 Å². The lowest BCUT2D eigenvalue weighted by molar-refractivity contribution is -0.139. The topological polar surface area (TPSA) is 105 Å². The maximum absolute atomic E-state index is 12.9. The number of ether oxygens (including phenoxy) is 1. The zero-order valence-corrected chi connectivity index (χ0v) is 14.3. The smallest absolute Gasteiger partial charge is 0.366 e. The van der Waals surface area contributed by atoms with Crippen molar-refractivity contribution in [1.82, 2.24) is 0 Å². The Morgan fingerprint density at radius 3 is 2.40 bits per heavy atom. The van der Waals surface area contributed by atoms with Gasteiger partial charge in [0, 0.05) is 12.8 Å². The van der Waals surface area contributed by atoms with Gasteiger partial charge >= 0.3 is 6.18 Å². The van der Waals surface area contributed by atoms with Gasteiger partial charge in [0.05, 0.1) is 23.5 Å². The molecule has 138 valence electrons. The fourth-order valence-electron chi connectivity index (χ4n) is 1.65. The summed E-state index contributed by atoms with van der Waals surface area (Å²) in [6, 6.07) is 4.04. The molecule has 0 radical (unpaired) electrons. The molecule has 0 aliphatic rings. The predicted molar refractivity (Wildman–Crippen MR) is 81.0 cm³/mol. The first-order valence-electron chi connectivity index (χ1n) is 6.65. The Balaban J connectivity index is 3.08. The number of nitrogens with zero attached hydrogens (tertiary/aromatic N) is 1. The molecule has 0 aliphatic heterocycles. The molecule has 0 saturated carbocycles. The molecule has 1 amide bonds. The Kier molecular flexibility index (Phi) is 6.17. The third kappa shape index (κ3) is 5.70. The number of carbonyl (C=O) groups is 1. The summed E-state index contributed by atoms with van der Waals surface area (Å²) in [4.78, 5) is 12.2. The first-order chi connectivity index (χ1) is 11.3. The number of nitrogens with one attached hydrogen (secondary N) is 1. The van der Waals surface area contributed by atoms with Crippen molar-refractivity contribution in [3.05, 3.63) is 29.3 Å². The summed E-state index contributed by atoms with van der Waals surface area (Å²) in [6.45, 7) is 0.540. The SMILES string of the molecule is COC(C)(COS(C)(=O)=O)C(=O)Nc1ccc(C#N)c(C(F)(F)F)c1. The average molecular weight is 380 g/mol. The molecule has 0 heterocycles. The van der Waals surface area contributed by atoms with Gasteiger partial charge in [0.15, 0.2) is 5.60 Å². The number of hydrogen-bond donors (Lipinski definition) is 1. The highest BCUT2D eigenvalue weighted by Gasteiger charge is 2.37. The molecule has 0 aliphatic carbocycles. The molecule has 0 bridgehead atoms. The predicted octanol–water partition coefficient (Wildman–Crippen LogP) is 1.90. The minimum atomic E-state index is -4.78. The van der Waals surface area contributed by atoms with E-state index in [1.54, 1.807) is 0 Å². The number of rotatable bonds is 6. The summed E-state index contributed by atoms with van der Waals surface area (Å²) in [5.74, 6) is -0.920. The van der Waals surface area contributed by atoms with Gasteiger partial charge in [0.2, 0.25) is 0 Å². The lowest BCUT2D eigenvalue weighted by Gasteiger charge is -2.26. The molecule has 0 aromatic heterocycles. The molecule has 1 N–H and O–H groups in total. The van der Waals surface area contributed by atoms with Crippen molar-refractivity contribution >= 4 is 21.7 Å². The average Bonchev–Trinajstić information content (AvgIpc) is 2.51. The van der Waals surface area contributed by atoms with Crippen LogP contribution in [0, 0.1) is 11.3 Å². The van der Waals surface area contributed by atoms with Gasteiger partial charge in [-0.2, -0.15) is 26.9 Å². The fourth-order valence-corrected chi connectivity index (χ4v) is 2.09. The third-order valence-corrected chi connectivity index (χ3v) is 3.73. The number of carbonyl (C=O) groups excluding carboxylic acids is 1. The molecule has 25 heavy (non-hydrogen) atoms. The maximum Gasteiger partial charge on any atom is 0.417 e. The molecule has 1 aromatic rings. The summed E-state index contributed by atoms with van der Waals surface area (Å²) in [5.41, 5.74) is -3.81. The highest BCUT2D eigenvalue weighted by atomic mass is 32.2. The first-order valence-corrected chi connectivity index (χ1v) is 8.46. The van der Waals surface area contributed by atoms with E-state index in [2.05, 4.69) is 9.50 Å². The number of anilines is 1. The molecule has 1 rings (SSSR count). The fraction of sp³-hybridized carbons (Fsp3) is 0.429. The quantitative estimate of drug-likeness (QED) is 0.756. The second kappa shape index (κ2) is 7.38. The number of methoxy groups -OCH3 is 1. The molecule has 7 nitrogen and oxygen atoms in total. The van der Waals surface area contributed by atoms with Crippen molar-refractivity contribution < 1.29 is 35.3 Å². The molecule has 0 saturated heterocycles. The van der Waals surface area contributed by atoms with Crippen LogP contribution in [0.4, 0.5) is 18.9 Å². The van der Waals surface area contributed by atoms with Gasteiger partial charge < -0.3 is 10.1 Å². The van der Waals surface area contributed by atoms with E-state index in [4.69, 9.17) is 10.00 Å². The zero-order chi connectivity index (χ0) is 19.5. The van der Waals surface area contributed by atoms with Gasteiger partial charge in [-0.3, -0.25) is 8.98 Å². The molecule has 1 atom stereocenters. The van der Waals surface area contributed by atoms with Crippen LogP contribution in [0.15, 0.2) is 18.2 Å². The highest BCUT2D eigenvalue weighted by Crippen LogP contribution is 2.33. The van der Waals surface area contributed by atoms with Crippen LogP contribution in [0.25, 0.3) is 0 Å². The monoisotopic (exact) mass is 380 g/mol. The normalized spacial score (nSPS) is 14.4. The number of amides is 1. The summed E-state index contributed by atoms with van der Waals surface area (Å²) >= 11 is 0. The molecule has 11 heteroatoms. The highest BCUT2D eigenvalue weighted by molar-refractivity contribution is 7.85. The minimum Gasteiger partial charge on any atom is -0.366 e. The van der Waals surface area contributed by atoms with Gasteiger partial charge in [-0.15, -0.1) is 0 Å². The summed E-state index contributed by atoms with van der Waals surface area (Å²) < 4.78 is 70.3. The number of halogens is 3. The van der Waals surface area contributed by atoms with Crippen LogP contribution >= 0.6 is 0 Å². The van der Waals surface area contributed by atoms with Gasteiger partial charge in [0.1, 0.15) is 6.61 Å². The van der Waals surface area contributed by atoms with Crippen LogP contribution in [0.1, 0.15) is 18.1 Å². The largest absolute Gasteiger partial charge is 0.417 e. The molecular formula is C14H15F3N2O5S. The van der Waals surface area contributed by atoms with E-state index in [0.717, 1.165) is 25.5 Å². The van der Waals surface area contributed by atoms with Crippen molar-refractivity contribution in [2.45, 2.75) is 18.7 Å². The molecular weight excluding hydrogens is 365 g/mol. The third-order valence-electron chi connectivity index (χ3n) is 3.18. The zero-order valence-electron chi connectivity index (χ0n) is 13.5. The van der Waals surface area contributed by atoms with E-state index in [-0.39, 0.29) is 5.69 Å². The molecule has 1 aromatic carbocycles. The van der Waals surface area contributed by atoms with Gasteiger partial charge in [-0.25, -0.2) is 0 Å². The number of hydrogen-bond acceptors (Lipinski definition) is 6. The van der Waals surface area contributed by atoms with Crippen molar-refractivity contribution in [3.63, 3.8) is 0 Å². The van der Waals surface area contributed by atoms with Gasteiger partial charge in [-0.1, -0.05) is 0 Å². The van der Waals surface area contributed by atoms with E-state index in [0.29, 0.717) is 6.07 Å². The number of alkyl halides is 3. The van der Waals surface area contributed by atoms with Crippen molar-refractivity contribution in [1.29, 1.82) is 5.26 Å². The Hall–Kier alpha value is -2.16. The van der Waals surface area contributed by atoms with Crippen LogP contribution in [-0.2, 0) is 30.0 Å². The lowest BCUT2D eigenvalue weighted by Crippen LogP contribution is -2.46. The van der Waals surface area contributed by atoms with Gasteiger partial charge in [0.25, 0.3) is 16.0 Å². The Morgan fingerprint density at radius 2 is 1.96 bits per heavy atom. The standard InChI is InChI=1S/C14H15F3N2O5S/c1-13(23-2,8-24-25(3,21)22)12(20)19-10-5-4-9(7-18)11(6-10)14(15,16)17/h4-6H,8H2,1-3H3,(H,19,20). The van der Waals surface area contributed by atoms with Crippen molar-refractivity contribution in [2.75, 3.05) is 25.3 Å². The van der Waals surface area contributed by atoms with Crippen molar-refractivity contribution in [3.8, 4) is 6.07 Å². The summed E-state index contributed by atoms with van der Waals surface area (Å²) in [6.07, 6.45) is -4.01. The van der Waals surface area contributed by atoms with E-state index in [1.165, 1.54) is 13.0 Å². The summed E-state index contributed by atoms with van der Waals surface area (Å²) in [7, 11) is -2.74. The van der Waals surface area contributed by atoms with Crippen LogP contribution in [-0.4, -0.2) is 39.9 Å². The van der Waals surface area contributed by atoms with E-state index < -0.39 is 45.5 Å². The van der Waals surface area contributed by atoms with Crippen LogP contribution < -0.4 is 5.32 Å². The molecule has 0 fully saturated rings. The molecule has 0 spiro atoms. The molecule has 1 unspecified atom stereocenters. The van der Waals surface area contributed by atoms with Crippen LogP contribution in [0.5, 0.6) is 0 Å². The number of nitriles is 1. The Bertz CT molecular complexity index is 802. The van der Waals surface area contributed by atoms with E-state index in [9.17, 15) is 26.4 Å². The second-order valence-corrected chi connectivity index (χ2v) is 6.87. The van der Waals surface area contributed by atoms with Crippen LogP contribution in [0.3, 0.4) is 0 Å². The number of benzene rings is 1. The maximum atomic E-state index is 12.9. The lowest BCUT2D eigenvalue weighted by atomic mass is 10.0. The van der Waals surface area contributed by atoms with E-state index in [1.807, 2.05) is 0 Å².